The number of aliphatic hydroxyl groups excluding tert-OH is 2. The number of aliphatic hydroxyl groups is 2. The largest absolute Gasteiger partial charge is 0.481 e. The van der Waals surface area contributed by atoms with Crippen LogP contribution in [0.3, 0.4) is 0 Å². The van der Waals surface area contributed by atoms with Crippen molar-refractivity contribution in [3.05, 3.63) is 33.1 Å². The minimum atomic E-state index is -5.21. The molecule has 1 aromatic rings. The molecule has 1 fully saturated rings. The van der Waals surface area contributed by atoms with Crippen LogP contribution in [-0.2, 0) is 41.4 Å². The molecule has 0 spiro atoms. The first-order valence-electron chi connectivity index (χ1n) is 10.9. The van der Waals surface area contributed by atoms with E-state index in [1.54, 1.807) is 0 Å². The summed E-state index contributed by atoms with van der Waals surface area (Å²) in [6.07, 6.45) is -5.28. The number of nitrogens with zero attached hydrogens (tertiary/aromatic N) is 1. The Bertz CT molecular complexity index is 1040. The summed E-state index contributed by atoms with van der Waals surface area (Å²) in [5, 5.41) is 20.3. The van der Waals surface area contributed by atoms with E-state index in [0.29, 0.717) is 26.4 Å². The van der Waals surface area contributed by atoms with Gasteiger partial charge >= 0.3 is 21.3 Å². The van der Waals surface area contributed by atoms with Crippen LogP contribution < -0.4 is 17.0 Å². The second-order valence-corrected chi connectivity index (χ2v) is 10.4. The van der Waals surface area contributed by atoms with Crippen molar-refractivity contribution >= 4 is 15.6 Å². The maximum absolute atomic E-state index is 12.1. The van der Waals surface area contributed by atoms with E-state index < -0.39 is 64.6 Å². The predicted octanol–water partition coefficient (Wildman–Crippen LogP) is -2.59. The second kappa shape index (κ2) is 15.3. The first-order chi connectivity index (χ1) is 17.5. The maximum atomic E-state index is 12.1. The Morgan fingerprint density at radius 2 is 1.49 bits per heavy atom. The van der Waals surface area contributed by atoms with Gasteiger partial charge in [0.1, 0.15) is 18.3 Å². The zero-order chi connectivity index (χ0) is 27.5. The molecule has 0 aromatic carbocycles. The van der Waals surface area contributed by atoms with Gasteiger partial charge in [0.2, 0.25) is 0 Å². The van der Waals surface area contributed by atoms with Gasteiger partial charge in [0, 0.05) is 18.8 Å². The van der Waals surface area contributed by atoms with Gasteiger partial charge in [0.25, 0.3) is 5.56 Å². The molecule has 7 N–H and O–H groups in total. The van der Waals surface area contributed by atoms with Crippen LogP contribution in [0.1, 0.15) is 6.23 Å². The summed E-state index contributed by atoms with van der Waals surface area (Å²) >= 11 is 0. The van der Waals surface area contributed by atoms with E-state index in [4.69, 9.17) is 24.7 Å². The normalized spacial score (nSPS) is 25.1. The fourth-order valence-electron chi connectivity index (χ4n) is 2.91. The molecule has 1 saturated heterocycles. The SMILES string of the molecule is NCCOCCOCCOCCOP(=O)(O)OP(=O)(O)OCC1OC(n2ccc(=O)[nH]c2=O)C(O)C1O. The summed E-state index contributed by atoms with van der Waals surface area (Å²) in [4.78, 5) is 44.4. The number of H-pyrrole nitrogens is 1. The Morgan fingerprint density at radius 1 is 0.919 bits per heavy atom. The van der Waals surface area contributed by atoms with Crippen LogP contribution in [0.25, 0.3) is 0 Å². The standard InChI is InChI=1S/C17H31N3O15P2/c18-2-4-29-5-6-30-7-8-31-9-10-32-36(25,26)35-37(27,28)33-11-12-14(22)15(23)16(34-12)20-3-1-13(21)19-17(20)24/h1,3,12,14-16,22-23H,2,4-11,18H2,(H,25,26)(H,27,28)(H,19,21,24). The van der Waals surface area contributed by atoms with Crippen molar-refractivity contribution in [2.24, 2.45) is 5.73 Å². The van der Waals surface area contributed by atoms with Crippen molar-refractivity contribution in [3.8, 4) is 0 Å². The average Bonchev–Trinajstić information content (AvgIpc) is 3.09. The molecular weight excluding hydrogens is 548 g/mol. The Morgan fingerprint density at radius 3 is 2.08 bits per heavy atom. The van der Waals surface area contributed by atoms with Crippen molar-refractivity contribution < 1.29 is 61.4 Å². The fourth-order valence-corrected chi connectivity index (χ4v) is 4.97. The monoisotopic (exact) mass is 579 g/mol. The number of nitrogens with two attached hydrogens (primary N) is 1. The highest BCUT2D eigenvalue weighted by atomic mass is 31.3. The van der Waals surface area contributed by atoms with Gasteiger partial charge in [0.05, 0.1) is 52.9 Å². The highest BCUT2D eigenvalue weighted by Crippen LogP contribution is 2.60. The molecule has 37 heavy (non-hydrogen) atoms. The van der Waals surface area contributed by atoms with Crippen LogP contribution in [0.2, 0.25) is 0 Å². The molecule has 1 aliphatic rings. The van der Waals surface area contributed by atoms with E-state index in [9.17, 15) is 38.7 Å². The van der Waals surface area contributed by atoms with Crippen LogP contribution in [-0.4, -0.2) is 107 Å². The molecule has 18 nitrogen and oxygen atoms in total. The maximum Gasteiger partial charge on any atom is 0.481 e. The molecule has 1 aliphatic heterocycles. The number of nitrogens with one attached hydrogen (secondary N) is 1. The van der Waals surface area contributed by atoms with Crippen molar-refractivity contribution in [2.75, 3.05) is 59.4 Å². The highest BCUT2D eigenvalue weighted by molar-refractivity contribution is 7.61. The third-order valence-electron chi connectivity index (χ3n) is 4.56. The molecular formula is C17H31N3O15P2. The summed E-state index contributed by atoms with van der Waals surface area (Å²) in [5.41, 5.74) is 3.62. The van der Waals surface area contributed by atoms with Gasteiger partial charge in [-0.15, -0.1) is 0 Å². The molecule has 0 aliphatic carbocycles. The Labute approximate surface area is 210 Å². The third kappa shape index (κ3) is 11.1. The van der Waals surface area contributed by atoms with Crippen LogP contribution in [0.15, 0.2) is 21.9 Å². The van der Waals surface area contributed by atoms with Gasteiger partial charge in [0.15, 0.2) is 6.23 Å². The number of hydrogen-bond acceptors (Lipinski definition) is 14. The highest BCUT2D eigenvalue weighted by Gasteiger charge is 2.46. The molecule has 6 atom stereocenters. The Balaban J connectivity index is 1.71. The molecule has 1 aromatic heterocycles. The number of aromatic amines is 1. The molecule has 20 heteroatoms. The van der Waals surface area contributed by atoms with Gasteiger partial charge in [-0.1, -0.05) is 0 Å². The molecule has 0 bridgehead atoms. The number of phosphoric ester groups is 2. The Kier molecular flexibility index (Phi) is 13.2. The molecule has 0 amide bonds. The summed E-state index contributed by atoms with van der Waals surface area (Å²) in [7, 11) is -10.3. The summed E-state index contributed by atoms with van der Waals surface area (Å²) in [6, 6.07) is 0.975. The molecule has 6 unspecified atom stereocenters. The lowest BCUT2D eigenvalue weighted by Crippen LogP contribution is -2.37. The zero-order valence-corrected chi connectivity index (χ0v) is 21.3. The van der Waals surface area contributed by atoms with E-state index in [0.717, 1.165) is 16.8 Å². The number of phosphoric acid groups is 2. The lowest BCUT2D eigenvalue weighted by molar-refractivity contribution is -0.0543. The van der Waals surface area contributed by atoms with Gasteiger partial charge in [-0.05, 0) is 0 Å². The van der Waals surface area contributed by atoms with E-state index in [1.807, 2.05) is 4.98 Å². The van der Waals surface area contributed by atoms with Gasteiger partial charge in [-0.3, -0.25) is 23.4 Å². The second-order valence-electron chi connectivity index (χ2n) is 7.34. The van der Waals surface area contributed by atoms with Crippen molar-refractivity contribution in [3.63, 3.8) is 0 Å². The quantitative estimate of drug-likeness (QED) is 0.0770. The number of aromatic nitrogens is 2. The van der Waals surface area contributed by atoms with Crippen molar-refractivity contribution in [2.45, 2.75) is 24.5 Å². The predicted molar refractivity (Wildman–Crippen MR) is 121 cm³/mol. The van der Waals surface area contributed by atoms with E-state index in [-0.39, 0.29) is 19.8 Å². The van der Waals surface area contributed by atoms with Gasteiger partial charge in [-0.2, -0.15) is 4.31 Å². The topological polar surface area (TPSA) is 261 Å². The summed E-state index contributed by atoms with van der Waals surface area (Å²) in [5.74, 6) is 0. The van der Waals surface area contributed by atoms with Crippen LogP contribution in [0.4, 0.5) is 0 Å². The number of ether oxygens (including phenoxy) is 4. The third-order valence-corrected chi connectivity index (χ3v) is 7.19. The van der Waals surface area contributed by atoms with E-state index >= 15 is 0 Å². The minimum Gasteiger partial charge on any atom is -0.387 e. The number of hydrogen-bond donors (Lipinski definition) is 6. The van der Waals surface area contributed by atoms with Crippen molar-refractivity contribution in [1.82, 2.24) is 9.55 Å². The lowest BCUT2D eigenvalue weighted by Gasteiger charge is -2.19. The van der Waals surface area contributed by atoms with Gasteiger partial charge in [-0.25, -0.2) is 13.9 Å². The molecule has 2 rings (SSSR count). The fraction of sp³-hybridized carbons (Fsp3) is 0.765. The average molecular weight is 579 g/mol. The van der Waals surface area contributed by atoms with Crippen molar-refractivity contribution in [1.29, 1.82) is 0 Å². The van der Waals surface area contributed by atoms with Crippen LogP contribution in [0.5, 0.6) is 0 Å². The first-order valence-corrected chi connectivity index (χ1v) is 13.9. The first kappa shape index (κ1) is 31.9. The smallest absolute Gasteiger partial charge is 0.387 e. The lowest BCUT2D eigenvalue weighted by atomic mass is 10.1. The zero-order valence-electron chi connectivity index (χ0n) is 19.5. The molecule has 2 heterocycles. The molecule has 0 saturated carbocycles. The number of rotatable bonds is 18. The van der Waals surface area contributed by atoms with Crippen LogP contribution in [0, 0.1) is 0 Å². The van der Waals surface area contributed by atoms with Crippen LogP contribution >= 0.6 is 15.6 Å². The molecule has 0 radical (unpaired) electrons. The Hall–Kier alpha value is -1.34. The van der Waals surface area contributed by atoms with E-state index in [2.05, 4.69) is 13.4 Å². The van der Waals surface area contributed by atoms with E-state index in [1.165, 1.54) is 0 Å². The summed E-state index contributed by atoms with van der Waals surface area (Å²) < 4.78 is 58.7. The summed E-state index contributed by atoms with van der Waals surface area (Å²) in [6.45, 7) is 0.373. The van der Waals surface area contributed by atoms with Gasteiger partial charge < -0.3 is 44.7 Å². The molecule has 214 valence electrons. The minimum absolute atomic E-state index is 0.139.